The van der Waals surface area contributed by atoms with Gasteiger partial charge < -0.3 is 21.6 Å². The van der Waals surface area contributed by atoms with Crippen molar-refractivity contribution in [2.24, 2.45) is 16.6 Å². The molecule has 1 fully saturated rings. The molecule has 0 bridgehead atoms. The van der Waals surface area contributed by atoms with Crippen LogP contribution in [0.2, 0.25) is 0 Å². The second-order valence-corrected chi connectivity index (χ2v) is 10.4. The number of hydrogen-bond acceptors (Lipinski definition) is 9. The lowest BCUT2D eigenvalue weighted by molar-refractivity contribution is -0.145. The molecule has 0 aromatic carbocycles. The highest BCUT2D eigenvalue weighted by atomic mass is 32.2. The fourth-order valence-corrected chi connectivity index (χ4v) is 5.58. The van der Waals surface area contributed by atoms with E-state index in [1.54, 1.807) is 17.1 Å². The fourth-order valence-electron chi connectivity index (χ4n) is 4.09. The van der Waals surface area contributed by atoms with Gasteiger partial charge in [0.05, 0.1) is 40.9 Å². The third kappa shape index (κ3) is 3.99. The van der Waals surface area contributed by atoms with E-state index in [2.05, 4.69) is 20.6 Å². The summed E-state index contributed by atoms with van der Waals surface area (Å²) in [6.45, 7) is 2.56. The highest BCUT2D eigenvalue weighted by Crippen LogP contribution is 2.35. The largest absolute Gasteiger partial charge is 0.381 e. The van der Waals surface area contributed by atoms with E-state index in [1.807, 2.05) is 6.92 Å². The van der Waals surface area contributed by atoms with Gasteiger partial charge in [0.2, 0.25) is 11.5 Å². The first-order valence-corrected chi connectivity index (χ1v) is 12.1. The van der Waals surface area contributed by atoms with E-state index in [1.165, 1.54) is 0 Å². The number of sulfone groups is 1. The Morgan fingerprint density at radius 1 is 1.28 bits per heavy atom. The van der Waals surface area contributed by atoms with E-state index in [-0.39, 0.29) is 24.0 Å². The molecule has 2 aromatic rings. The smallest absolute Gasteiger partial charge is 0.265 e. The van der Waals surface area contributed by atoms with Crippen LogP contribution in [-0.4, -0.2) is 63.9 Å². The highest BCUT2D eigenvalue weighted by molar-refractivity contribution is 7.91. The minimum Gasteiger partial charge on any atom is -0.381 e. The van der Waals surface area contributed by atoms with Crippen LogP contribution < -0.4 is 16.8 Å². The normalized spacial score (nSPS) is 23.0. The molecule has 2 aromatic heterocycles. The summed E-state index contributed by atoms with van der Waals surface area (Å²) < 4.78 is 25.4. The first kappa shape index (κ1) is 22.0. The van der Waals surface area contributed by atoms with Gasteiger partial charge in [0.15, 0.2) is 5.65 Å². The van der Waals surface area contributed by atoms with Gasteiger partial charge >= 0.3 is 0 Å². The molecule has 2 amide bonds. The summed E-state index contributed by atoms with van der Waals surface area (Å²) in [6.07, 6.45) is 3.75. The second-order valence-electron chi connectivity index (χ2n) is 8.12. The molecule has 4 rings (SSSR count). The number of carbonyl (C=O) groups excluding carboxylic acids is 2. The van der Waals surface area contributed by atoms with Gasteiger partial charge in [0, 0.05) is 30.8 Å². The van der Waals surface area contributed by atoms with Gasteiger partial charge in [0.1, 0.15) is 9.84 Å². The quantitative estimate of drug-likeness (QED) is 0.498. The molecular weight excluding hydrogens is 438 g/mol. The average Bonchev–Trinajstić information content (AvgIpc) is 3.34. The Bertz CT molecular complexity index is 1210. The van der Waals surface area contributed by atoms with E-state index >= 15 is 0 Å². The van der Waals surface area contributed by atoms with Crippen molar-refractivity contribution in [2.75, 3.05) is 16.8 Å². The SMILES string of the molecule is CCn1ncc2c(NC3CCS(=O)(=O)CC3)c(C3=NOC(CC(N)=O)(C(N)=O)C3)cnc21. The lowest BCUT2D eigenvalue weighted by atomic mass is 9.89. The van der Waals surface area contributed by atoms with Crippen LogP contribution in [0.5, 0.6) is 0 Å². The van der Waals surface area contributed by atoms with E-state index in [9.17, 15) is 18.0 Å². The molecule has 2 aliphatic rings. The number of aromatic nitrogens is 3. The maximum atomic E-state index is 12.1. The first-order valence-electron chi connectivity index (χ1n) is 10.3. The number of anilines is 1. The molecule has 0 spiro atoms. The van der Waals surface area contributed by atoms with Crippen LogP contribution >= 0.6 is 0 Å². The van der Waals surface area contributed by atoms with Gasteiger partial charge in [0.25, 0.3) is 5.91 Å². The number of nitrogens with zero attached hydrogens (tertiary/aromatic N) is 4. The Hall–Kier alpha value is -3.22. The number of rotatable bonds is 7. The average molecular weight is 464 g/mol. The van der Waals surface area contributed by atoms with E-state index < -0.39 is 33.7 Å². The van der Waals surface area contributed by atoms with Crippen molar-refractivity contribution in [3.8, 4) is 0 Å². The van der Waals surface area contributed by atoms with Crippen LogP contribution in [0.25, 0.3) is 11.0 Å². The minimum absolute atomic E-state index is 0.0475. The number of primary amides is 2. The van der Waals surface area contributed by atoms with Crippen LogP contribution in [0.15, 0.2) is 17.5 Å². The molecular formula is C19H25N7O5S. The lowest BCUT2D eigenvalue weighted by Crippen LogP contribution is -2.47. The summed E-state index contributed by atoms with van der Waals surface area (Å²) in [7, 11) is -3.02. The van der Waals surface area contributed by atoms with Crippen molar-refractivity contribution >= 4 is 44.1 Å². The molecule has 5 N–H and O–H groups in total. The van der Waals surface area contributed by atoms with E-state index in [4.69, 9.17) is 16.3 Å². The summed E-state index contributed by atoms with van der Waals surface area (Å²) in [6, 6.07) is -0.0812. The number of aryl methyl sites for hydroxylation is 1. The zero-order chi connectivity index (χ0) is 23.1. The predicted molar refractivity (Wildman–Crippen MR) is 116 cm³/mol. The molecule has 13 heteroatoms. The second kappa shape index (κ2) is 8.04. The molecule has 4 heterocycles. The van der Waals surface area contributed by atoms with Crippen LogP contribution in [0, 0.1) is 0 Å². The molecule has 32 heavy (non-hydrogen) atoms. The summed E-state index contributed by atoms with van der Waals surface area (Å²) in [4.78, 5) is 33.4. The number of pyridine rings is 1. The van der Waals surface area contributed by atoms with Gasteiger partial charge in [-0.15, -0.1) is 0 Å². The van der Waals surface area contributed by atoms with Crippen LogP contribution in [0.1, 0.15) is 38.2 Å². The molecule has 0 aliphatic carbocycles. The Morgan fingerprint density at radius 2 is 2.00 bits per heavy atom. The minimum atomic E-state index is -3.02. The third-order valence-electron chi connectivity index (χ3n) is 5.87. The molecule has 172 valence electrons. The zero-order valence-electron chi connectivity index (χ0n) is 17.6. The Kier molecular flexibility index (Phi) is 5.53. The molecule has 1 saturated heterocycles. The zero-order valence-corrected chi connectivity index (χ0v) is 18.4. The Balaban J connectivity index is 1.72. The van der Waals surface area contributed by atoms with Gasteiger partial charge in [-0.2, -0.15) is 5.10 Å². The summed E-state index contributed by atoms with van der Waals surface area (Å²) in [5.41, 5.74) is 11.4. The van der Waals surface area contributed by atoms with Crippen molar-refractivity contribution in [2.45, 2.75) is 50.8 Å². The summed E-state index contributed by atoms with van der Waals surface area (Å²) in [5.74, 6) is -1.36. The maximum Gasteiger partial charge on any atom is 0.265 e. The van der Waals surface area contributed by atoms with E-state index in [0.717, 1.165) is 5.39 Å². The van der Waals surface area contributed by atoms with E-state index in [0.29, 0.717) is 42.0 Å². The van der Waals surface area contributed by atoms with Crippen molar-refractivity contribution in [3.63, 3.8) is 0 Å². The molecule has 0 saturated carbocycles. The molecule has 2 aliphatic heterocycles. The van der Waals surface area contributed by atoms with Crippen molar-refractivity contribution in [1.82, 2.24) is 14.8 Å². The number of nitrogens with one attached hydrogen (secondary N) is 1. The molecule has 0 radical (unpaired) electrons. The Labute approximate surface area is 184 Å². The molecule has 1 atom stereocenters. The fraction of sp³-hybridized carbons (Fsp3) is 0.526. The van der Waals surface area contributed by atoms with Crippen molar-refractivity contribution in [1.29, 1.82) is 0 Å². The van der Waals surface area contributed by atoms with Gasteiger partial charge in [-0.25, -0.2) is 18.1 Å². The van der Waals surface area contributed by atoms with Crippen LogP contribution in [0.4, 0.5) is 5.69 Å². The number of carbonyl (C=O) groups is 2. The number of oxime groups is 1. The molecule has 12 nitrogen and oxygen atoms in total. The topological polar surface area (TPSA) is 185 Å². The van der Waals surface area contributed by atoms with Gasteiger partial charge in [-0.05, 0) is 19.8 Å². The number of fused-ring (bicyclic) bond motifs is 1. The monoisotopic (exact) mass is 463 g/mol. The number of nitrogens with two attached hydrogens (primary N) is 2. The molecule has 1 unspecified atom stereocenters. The number of hydrogen-bond donors (Lipinski definition) is 3. The number of amides is 2. The van der Waals surface area contributed by atoms with Crippen LogP contribution in [-0.2, 0) is 30.8 Å². The Morgan fingerprint density at radius 3 is 2.62 bits per heavy atom. The van der Waals surface area contributed by atoms with Gasteiger partial charge in [-0.1, -0.05) is 5.16 Å². The third-order valence-corrected chi connectivity index (χ3v) is 7.59. The first-order chi connectivity index (χ1) is 15.1. The van der Waals surface area contributed by atoms with Crippen LogP contribution in [0.3, 0.4) is 0 Å². The van der Waals surface area contributed by atoms with Crippen molar-refractivity contribution in [3.05, 3.63) is 18.0 Å². The summed E-state index contributed by atoms with van der Waals surface area (Å²) in [5, 5.41) is 12.6. The lowest BCUT2D eigenvalue weighted by Gasteiger charge is -2.25. The highest BCUT2D eigenvalue weighted by Gasteiger charge is 2.47. The van der Waals surface area contributed by atoms with Crippen molar-refractivity contribution < 1.29 is 22.8 Å². The standard InChI is InChI=1S/C19H25N7O5S/c1-2-26-17-13(10-23-26)16(24-11-3-5-32(29,30)6-4-11)12(9-22-17)14-7-19(18(21)28,31-25-14)8-15(20)27/h9-11H,2-8H2,1H3,(H2,20,27)(H2,21,28)(H,22,24). The van der Waals surface area contributed by atoms with Gasteiger partial charge in [-0.3, -0.25) is 9.59 Å². The maximum absolute atomic E-state index is 12.1. The summed E-state index contributed by atoms with van der Waals surface area (Å²) >= 11 is 0. The predicted octanol–water partition coefficient (Wildman–Crippen LogP) is -0.336.